The van der Waals surface area contributed by atoms with Gasteiger partial charge in [0.15, 0.2) is 10.7 Å². The first-order chi connectivity index (χ1) is 10.3. The fourth-order valence-electron chi connectivity index (χ4n) is 6.76. The number of hydrogen-bond acceptors (Lipinski definition) is 5. The standard InChI is InChI=1S/C14H13Cl3O5/c1-20-14(21-2)12(16)6-5-4-7(6)13(14,17)11(15,10(12)19)8(4)9(5)22-3-18/h3-9H,1-2H3/t4-,5+,6?,7+,8+,9?,11-,12+,13-/m1/s1. The second kappa shape index (κ2) is 3.47. The van der Waals surface area contributed by atoms with Crippen LogP contribution in [0.4, 0.5) is 0 Å². The van der Waals surface area contributed by atoms with Crippen LogP contribution in [-0.4, -0.2) is 53.0 Å². The van der Waals surface area contributed by atoms with Crippen LogP contribution in [0.15, 0.2) is 0 Å². The van der Waals surface area contributed by atoms with Gasteiger partial charge in [-0.1, -0.05) is 0 Å². The third kappa shape index (κ3) is 0.809. The smallest absolute Gasteiger partial charge is 0.293 e. The number of carbonyl (C=O) groups excluding carboxylic acids is 2. The minimum atomic E-state index is -1.47. The van der Waals surface area contributed by atoms with Crippen molar-refractivity contribution in [2.24, 2.45) is 29.6 Å². The number of halogens is 3. The topological polar surface area (TPSA) is 61.8 Å². The van der Waals surface area contributed by atoms with E-state index < -0.39 is 26.5 Å². The molecule has 5 nitrogen and oxygen atoms in total. The van der Waals surface area contributed by atoms with Crippen molar-refractivity contribution in [1.29, 1.82) is 0 Å². The third-order valence-electron chi connectivity index (χ3n) is 7.12. The van der Waals surface area contributed by atoms with E-state index >= 15 is 0 Å². The molecule has 0 amide bonds. The first kappa shape index (κ1) is 14.3. The van der Waals surface area contributed by atoms with Crippen molar-refractivity contribution in [3.63, 3.8) is 0 Å². The zero-order valence-electron chi connectivity index (χ0n) is 11.7. The minimum absolute atomic E-state index is 0.00456. The number of ketones is 1. The maximum absolute atomic E-state index is 13.2. The lowest BCUT2D eigenvalue weighted by atomic mass is 9.44. The van der Waals surface area contributed by atoms with E-state index in [2.05, 4.69) is 0 Å². The van der Waals surface area contributed by atoms with E-state index in [0.29, 0.717) is 6.47 Å². The van der Waals surface area contributed by atoms with E-state index in [0.717, 1.165) is 0 Å². The summed E-state index contributed by atoms with van der Waals surface area (Å²) in [6.45, 7) is 0.407. The zero-order valence-corrected chi connectivity index (χ0v) is 14.0. The lowest BCUT2D eigenvalue weighted by Crippen LogP contribution is -2.68. The van der Waals surface area contributed by atoms with Crippen molar-refractivity contribution in [1.82, 2.24) is 0 Å². The fraction of sp³-hybridized carbons (Fsp3) is 0.857. The maximum atomic E-state index is 13.2. The highest BCUT2D eigenvalue weighted by Gasteiger charge is 3.06. The maximum Gasteiger partial charge on any atom is 0.293 e. The van der Waals surface area contributed by atoms with Gasteiger partial charge in [-0.25, -0.2) is 0 Å². The van der Waals surface area contributed by atoms with Gasteiger partial charge in [-0.3, -0.25) is 9.59 Å². The molecule has 2 bridgehead atoms. The Bertz CT molecular complexity index is 638. The van der Waals surface area contributed by atoms with Crippen molar-refractivity contribution in [2.75, 3.05) is 14.2 Å². The molecule has 0 aromatic heterocycles. The van der Waals surface area contributed by atoms with Gasteiger partial charge in [0.25, 0.3) is 6.47 Å². The van der Waals surface area contributed by atoms with Crippen LogP contribution in [0.1, 0.15) is 0 Å². The lowest BCUT2D eigenvalue weighted by molar-refractivity contribution is -0.237. The molecule has 0 radical (unpaired) electrons. The van der Waals surface area contributed by atoms with E-state index in [1.165, 1.54) is 14.2 Å². The first-order valence-electron chi connectivity index (χ1n) is 7.15. The molecule has 0 aliphatic heterocycles. The van der Waals surface area contributed by atoms with Crippen molar-refractivity contribution in [3.8, 4) is 0 Å². The molecule has 120 valence electrons. The van der Waals surface area contributed by atoms with Gasteiger partial charge in [-0.05, 0) is 11.8 Å². The number of fused-ring (bicyclic) bond motifs is 4. The highest BCUT2D eigenvalue weighted by Crippen LogP contribution is 2.92. The van der Waals surface area contributed by atoms with Gasteiger partial charge < -0.3 is 14.2 Å². The molecule has 8 heteroatoms. The highest BCUT2D eigenvalue weighted by atomic mass is 35.5. The van der Waals surface area contributed by atoms with Gasteiger partial charge in [0.05, 0.1) is 0 Å². The zero-order chi connectivity index (χ0) is 15.9. The van der Waals surface area contributed by atoms with Gasteiger partial charge >= 0.3 is 0 Å². The molecule has 0 spiro atoms. The Morgan fingerprint density at radius 1 is 1.00 bits per heavy atom. The van der Waals surface area contributed by atoms with E-state index in [9.17, 15) is 9.59 Å². The summed E-state index contributed by atoms with van der Waals surface area (Å²) in [5.74, 6) is -2.34. The number of rotatable bonds is 4. The summed E-state index contributed by atoms with van der Waals surface area (Å²) in [7, 11) is 2.87. The van der Waals surface area contributed by atoms with Crippen molar-refractivity contribution >= 4 is 47.1 Å². The summed E-state index contributed by atoms with van der Waals surface area (Å²) >= 11 is 20.7. The predicted octanol–water partition coefficient (Wildman–Crippen LogP) is 1.17. The monoisotopic (exact) mass is 366 g/mol. The Kier molecular flexibility index (Phi) is 2.26. The van der Waals surface area contributed by atoms with Crippen LogP contribution in [0.3, 0.4) is 0 Å². The van der Waals surface area contributed by atoms with Crippen LogP contribution in [0.5, 0.6) is 0 Å². The Hall–Kier alpha value is -0.0700. The molecular formula is C14H13Cl3O5. The van der Waals surface area contributed by atoms with E-state index in [1.54, 1.807) is 0 Å². The molecule has 0 saturated heterocycles. The number of hydrogen-bond donors (Lipinski definition) is 0. The third-order valence-corrected chi connectivity index (χ3v) is 9.41. The lowest BCUT2D eigenvalue weighted by Gasteiger charge is -2.62. The van der Waals surface area contributed by atoms with E-state index in [4.69, 9.17) is 49.0 Å². The van der Waals surface area contributed by atoms with Gasteiger partial charge in [0.1, 0.15) is 15.9 Å². The number of Topliss-reactive ketones (excluding diaryl/α,β-unsaturated/α-hetero) is 1. The SMILES string of the molecule is COC1(OC)[C@@]2(Cl)C(=O)[C@]3(Cl)[C@@H]4C(OC=O)[C@@H]5C2[C@H]([C@@H]54)[C@]13Cl. The van der Waals surface area contributed by atoms with Gasteiger partial charge in [0, 0.05) is 32.0 Å². The van der Waals surface area contributed by atoms with Crippen LogP contribution >= 0.6 is 34.8 Å². The van der Waals surface area contributed by atoms with Crippen molar-refractivity contribution < 1.29 is 23.8 Å². The Morgan fingerprint density at radius 2 is 1.64 bits per heavy atom. The predicted molar refractivity (Wildman–Crippen MR) is 75.9 cm³/mol. The molecule has 5 saturated carbocycles. The van der Waals surface area contributed by atoms with Crippen LogP contribution < -0.4 is 0 Å². The molecule has 0 N–H and O–H groups in total. The second-order valence-corrected chi connectivity index (χ2v) is 8.71. The number of carbonyl (C=O) groups is 2. The summed E-state index contributed by atoms with van der Waals surface area (Å²) in [5.41, 5.74) is 0. The molecule has 5 rings (SSSR count). The van der Waals surface area contributed by atoms with E-state index in [-0.39, 0.29) is 35.4 Å². The average molecular weight is 368 g/mol. The summed E-state index contributed by atoms with van der Waals surface area (Å²) < 4.78 is 16.4. The van der Waals surface area contributed by atoms with E-state index in [1.807, 2.05) is 0 Å². The molecule has 5 aliphatic rings. The Labute approximate surface area is 141 Å². The van der Waals surface area contributed by atoms with Gasteiger partial charge in [-0.15, -0.1) is 34.8 Å². The summed E-state index contributed by atoms with van der Waals surface area (Å²) in [5, 5.41) is 0. The average Bonchev–Trinajstić information content (AvgIpc) is 2.62. The molecular weight excluding hydrogens is 355 g/mol. The van der Waals surface area contributed by atoms with Crippen LogP contribution in [0, 0.1) is 29.6 Å². The quantitative estimate of drug-likeness (QED) is 0.424. The molecule has 22 heavy (non-hydrogen) atoms. The fourth-order valence-corrected chi connectivity index (χ4v) is 9.05. The largest absolute Gasteiger partial charge is 0.464 e. The van der Waals surface area contributed by atoms with Crippen LogP contribution in [-0.2, 0) is 23.8 Å². The highest BCUT2D eigenvalue weighted by molar-refractivity contribution is 6.55. The Balaban J connectivity index is 1.80. The molecule has 2 unspecified atom stereocenters. The van der Waals surface area contributed by atoms with Gasteiger partial charge in [0.2, 0.25) is 5.79 Å². The minimum Gasteiger partial charge on any atom is -0.464 e. The molecule has 0 aromatic rings. The molecule has 0 heterocycles. The molecule has 5 aliphatic carbocycles. The summed E-state index contributed by atoms with van der Waals surface area (Å²) in [4.78, 5) is 19.9. The Morgan fingerprint density at radius 3 is 2.18 bits per heavy atom. The van der Waals surface area contributed by atoms with Gasteiger partial charge in [-0.2, -0.15) is 0 Å². The molecule has 5 fully saturated rings. The molecule has 0 aromatic carbocycles. The van der Waals surface area contributed by atoms with Crippen LogP contribution in [0.2, 0.25) is 0 Å². The first-order valence-corrected chi connectivity index (χ1v) is 8.29. The van der Waals surface area contributed by atoms with Crippen LogP contribution in [0.25, 0.3) is 0 Å². The normalized spacial score (nSPS) is 64.3. The van der Waals surface area contributed by atoms with Crippen molar-refractivity contribution in [2.45, 2.75) is 26.5 Å². The summed E-state index contributed by atoms with van der Waals surface area (Å²) in [6, 6.07) is 0. The second-order valence-electron chi connectivity index (χ2n) is 6.92. The van der Waals surface area contributed by atoms with Crippen molar-refractivity contribution in [3.05, 3.63) is 0 Å². The number of ether oxygens (including phenoxy) is 3. The number of alkyl halides is 3. The molecule has 9 atom stereocenters. The summed E-state index contributed by atoms with van der Waals surface area (Å²) in [6.07, 6.45) is -0.404. The number of methoxy groups -OCH3 is 2.